The summed E-state index contributed by atoms with van der Waals surface area (Å²) < 4.78 is 33.7. The SMILES string of the molecule is CCCCCCCCCCCCCCCCCCCCCCCCCOCC(COP(=O)(O)OCCN)OC(=O)CCCCCCCCCCCCCCCCCCCCCC. The highest BCUT2D eigenvalue weighted by atomic mass is 31.2. The van der Waals surface area contributed by atoms with Crippen molar-refractivity contribution >= 4 is 13.8 Å². The summed E-state index contributed by atoms with van der Waals surface area (Å²) in [5.41, 5.74) is 5.40. The molecule has 372 valence electrons. The van der Waals surface area contributed by atoms with Crippen molar-refractivity contribution in [3.63, 3.8) is 0 Å². The summed E-state index contributed by atoms with van der Waals surface area (Å²) in [7, 11) is -4.28. The number of hydrogen-bond donors (Lipinski definition) is 2. The van der Waals surface area contributed by atoms with E-state index in [1.54, 1.807) is 0 Å². The Hall–Kier alpha value is -0.500. The highest BCUT2D eigenvalue weighted by molar-refractivity contribution is 7.47. The topological polar surface area (TPSA) is 117 Å². The van der Waals surface area contributed by atoms with Gasteiger partial charge in [0.25, 0.3) is 0 Å². The van der Waals surface area contributed by atoms with E-state index in [4.69, 9.17) is 24.3 Å². The molecule has 0 rings (SSSR count). The van der Waals surface area contributed by atoms with E-state index in [9.17, 15) is 14.3 Å². The molecule has 0 radical (unpaired) electrons. The summed E-state index contributed by atoms with van der Waals surface area (Å²) >= 11 is 0. The molecule has 0 bridgehead atoms. The van der Waals surface area contributed by atoms with Crippen molar-refractivity contribution in [1.82, 2.24) is 0 Å². The molecule has 0 aromatic carbocycles. The number of carbonyl (C=O) groups excluding carboxylic acids is 1. The predicted molar refractivity (Wildman–Crippen MR) is 266 cm³/mol. The van der Waals surface area contributed by atoms with Crippen LogP contribution in [-0.2, 0) is 27.9 Å². The third-order valence-electron chi connectivity index (χ3n) is 12.5. The summed E-state index contributed by atoms with van der Waals surface area (Å²) in [5.74, 6) is -0.320. The van der Waals surface area contributed by atoms with Gasteiger partial charge in [0, 0.05) is 19.6 Å². The lowest BCUT2D eigenvalue weighted by Gasteiger charge is -2.20. The predicted octanol–water partition coefficient (Wildman–Crippen LogP) is 17.2. The molecule has 2 unspecified atom stereocenters. The first kappa shape index (κ1) is 61.5. The molecule has 3 N–H and O–H groups in total. The molecular weight excluding hydrogens is 794 g/mol. The molecular formula is C53H108NO7P. The minimum Gasteiger partial charge on any atom is -0.457 e. The van der Waals surface area contributed by atoms with Crippen molar-refractivity contribution in [2.75, 3.05) is 33.0 Å². The Labute approximate surface area is 386 Å². The van der Waals surface area contributed by atoms with E-state index in [2.05, 4.69) is 13.8 Å². The van der Waals surface area contributed by atoms with Crippen LogP contribution in [0.5, 0.6) is 0 Å². The van der Waals surface area contributed by atoms with Crippen LogP contribution in [0.1, 0.15) is 296 Å². The highest BCUT2D eigenvalue weighted by Crippen LogP contribution is 2.43. The zero-order valence-electron chi connectivity index (χ0n) is 41.6. The fourth-order valence-corrected chi connectivity index (χ4v) is 9.24. The minimum absolute atomic E-state index is 0.0896. The molecule has 9 heteroatoms. The van der Waals surface area contributed by atoms with Crippen molar-refractivity contribution in [2.24, 2.45) is 5.73 Å². The normalized spacial score (nSPS) is 13.2. The maximum absolute atomic E-state index is 12.7. The van der Waals surface area contributed by atoms with Crippen molar-refractivity contribution in [1.29, 1.82) is 0 Å². The summed E-state index contributed by atoms with van der Waals surface area (Å²) in [6.07, 6.45) is 57.2. The Kier molecular flexibility index (Phi) is 51.1. The van der Waals surface area contributed by atoms with Crippen LogP contribution in [0.2, 0.25) is 0 Å². The second kappa shape index (κ2) is 51.5. The van der Waals surface area contributed by atoms with E-state index in [-0.39, 0.29) is 32.3 Å². The Morgan fingerprint density at radius 2 is 0.710 bits per heavy atom. The van der Waals surface area contributed by atoms with E-state index >= 15 is 0 Å². The van der Waals surface area contributed by atoms with Gasteiger partial charge in [-0.15, -0.1) is 0 Å². The number of phosphoric ester groups is 1. The average Bonchev–Trinajstić information content (AvgIpc) is 3.26. The molecule has 2 atom stereocenters. The third-order valence-corrected chi connectivity index (χ3v) is 13.5. The molecule has 0 amide bonds. The summed E-state index contributed by atoms with van der Waals surface area (Å²) in [4.78, 5) is 22.6. The van der Waals surface area contributed by atoms with Gasteiger partial charge < -0.3 is 20.1 Å². The highest BCUT2D eigenvalue weighted by Gasteiger charge is 2.25. The van der Waals surface area contributed by atoms with Gasteiger partial charge in [-0.05, 0) is 12.8 Å². The number of unbranched alkanes of at least 4 members (excludes halogenated alkanes) is 41. The molecule has 0 aliphatic carbocycles. The molecule has 0 aromatic heterocycles. The molecule has 0 spiro atoms. The van der Waals surface area contributed by atoms with Crippen molar-refractivity contribution < 1.29 is 32.8 Å². The van der Waals surface area contributed by atoms with Gasteiger partial charge >= 0.3 is 13.8 Å². The van der Waals surface area contributed by atoms with E-state index in [1.807, 2.05) is 0 Å². The third kappa shape index (κ3) is 50.5. The number of ether oxygens (including phenoxy) is 2. The maximum Gasteiger partial charge on any atom is 0.472 e. The van der Waals surface area contributed by atoms with Gasteiger partial charge in [0.15, 0.2) is 0 Å². The molecule has 0 heterocycles. The summed E-state index contributed by atoms with van der Waals surface area (Å²) in [6.45, 7) is 5.02. The Morgan fingerprint density at radius 1 is 0.419 bits per heavy atom. The second-order valence-corrected chi connectivity index (χ2v) is 20.3. The molecule has 0 aromatic rings. The molecule has 0 aliphatic rings. The number of hydrogen-bond acceptors (Lipinski definition) is 7. The molecule has 0 fully saturated rings. The van der Waals surface area contributed by atoms with Crippen LogP contribution >= 0.6 is 7.82 Å². The second-order valence-electron chi connectivity index (χ2n) is 18.8. The summed E-state index contributed by atoms with van der Waals surface area (Å²) in [6, 6.07) is 0. The molecule has 0 aliphatic heterocycles. The zero-order chi connectivity index (χ0) is 45.1. The smallest absolute Gasteiger partial charge is 0.457 e. The fourth-order valence-electron chi connectivity index (χ4n) is 8.47. The van der Waals surface area contributed by atoms with Crippen LogP contribution in [0.25, 0.3) is 0 Å². The molecule has 62 heavy (non-hydrogen) atoms. The van der Waals surface area contributed by atoms with Gasteiger partial charge in [0.2, 0.25) is 0 Å². The molecule has 8 nitrogen and oxygen atoms in total. The lowest BCUT2D eigenvalue weighted by molar-refractivity contribution is -0.154. The number of carbonyl (C=O) groups is 1. The minimum atomic E-state index is -4.28. The summed E-state index contributed by atoms with van der Waals surface area (Å²) in [5, 5.41) is 0. The van der Waals surface area contributed by atoms with Gasteiger partial charge in [-0.1, -0.05) is 277 Å². The van der Waals surface area contributed by atoms with E-state index in [0.29, 0.717) is 13.0 Å². The van der Waals surface area contributed by atoms with Crippen LogP contribution in [0.3, 0.4) is 0 Å². The van der Waals surface area contributed by atoms with Crippen LogP contribution < -0.4 is 5.73 Å². The largest absolute Gasteiger partial charge is 0.472 e. The first-order valence-electron chi connectivity index (χ1n) is 27.5. The number of nitrogens with two attached hydrogens (primary N) is 1. The number of esters is 1. The van der Waals surface area contributed by atoms with Gasteiger partial charge in [-0.25, -0.2) is 4.57 Å². The van der Waals surface area contributed by atoms with Gasteiger partial charge in [-0.3, -0.25) is 13.8 Å². The first-order chi connectivity index (χ1) is 30.4. The fraction of sp³-hybridized carbons (Fsp3) is 0.981. The van der Waals surface area contributed by atoms with Crippen molar-refractivity contribution in [2.45, 2.75) is 302 Å². The number of rotatable bonds is 54. The average molecular weight is 902 g/mol. The van der Waals surface area contributed by atoms with Crippen LogP contribution in [0, 0.1) is 0 Å². The Morgan fingerprint density at radius 3 is 1.02 bits per heavy atom. The quantitative estimate of drug-likeness (QED) is 0.0352. The first-order valence-corrected chi connectivity index (χ1v) is 29.0. The number of phosphoric acid groups is 1. The maximum atomic E-state index is 12.7. The van der Waals surface area contributed by atoms with Crippen LogP contribution in [-0.4, -0.2) is 49.9 Å². The molecule has 0 saturated heterocycles. The lowest BCUT2D eigenvalue weighted by Crippen LogP contribution is -2.28. The van der Waals surface area contributed by atoms with E-state index < -0.39 is 13.9 Å². The van der Waals surface area contributed by atoms with Gasteiger partial charge in [0.1, 0.15) is 6.10 Å². The van der Waals surface area contributed by atoms with Gasteiger partial charge in [0.05, 0.1) is 19.8 Å². The van der Waals surface area contributed by atoms with Crippen LogP contribution in [0.15, 0.2) is 0 Å². The molecule has 0 saturated carbocycles. The Balaban J connectivity index is 3.84. The van der Waals surface area contributed by atoms with E-state index in [1.165, 1.54) is 244 Å². The monoisotopic (exact) mass is 902 g/mol. The zero-order valence-corrected chi connectivity index (χ0v) is 42.5. The standard InChI is InChI=1S/C53H108NO7P/c1-3-5-7-9-11-13-15-17-19-21-23-25-26-27-29-31-33-35-37-39-41-43-45-48-58-50-52(51-60-62(56,57)59-49-47-54)61-53(55)46-44-42-40-38-36-34-32-30-28-24-22-20-18-16-14-12-10-8-6-4-2/h52H,3-51,54H2,1-2H3,(H,56,57). The Bertz CT molecular complexity index is 924. The van der Waals surface area contributed by atoms with E-state index in [0.717, 1.165) is 32.1 Å². The van der Waals surface area contributed by atoms with Crippen LogP contribution in [0.4, 0.5) is 0 Å². The van der Waals surface area contributed by atoms with Crippen molar-refractivity contribution in [3.8, 4) is 0 Å². The van der Waals surface area contributed by atoms with Crippen molar-refractivity contribution in [3.05, 3.63) is 0 Å². The van der Waals surface area contributed by atoms with Gasteiger partial charge in [-0.2, -0.15) is 0 Å². The lowest BCUT2D eigenvalue weighted by atomic mass is 10.0.